The lowest BCUT2D eigenvalue weighted by Crippen LogP contribution is -2.36. The van der Waals surface area contributed by atoms with E-state index in [1.54, 1.807) is 12.1 Å². The summed E-state index contributed by atoms with van der Waals surface area (Å²) >= 11 is 5.91. The summed E-state index contributed by atoms with van der Waals surface area (Å²) in [4.78, 5) is 27.3. The first-order valence-corrected chi connectivity index (χ1v) is 8.44. The third-order valence-electron chi connectivity index (χ3n) is 3.97. The molecular weight excluding hydrogens is 354 g/mol. The van der Waals surface area contributed by atoms with Gasteiger partial charge >= 0.3 is 11.8 Å². The van der Waals surface area contributed by atoms with Gasteiger partial charge in [0.2, 0.25) is 0 Å². The average molecular weight is 372 g/mol. The van der Waals surface area contributed by atoms with Gasteiger partial charge in [0.05, 0.1) is 12.8 Å². The van der Waals surface area contributed by atoms with E-state index in [4.69, 9.17) is 16.3 Å². The monoisotopic (exact) mass is 371 g/mol. The van der Waals surface area contributed by atoms with Crippen LogP contribution in [0.15, 0.2) is 48.7 Å². The van der Waals surface area contributed by atoms with E-state index in [-0.39, 0.29) is 0 Å². The van der Waals surface area contributed by atoms with E-state index in [2.05, 4.69) is 15.6 Å². The molecule has 0 saturated heterocycles. The number of benzene rings is 2. The molecule has 0 saturated carbocycles. The third kappa shape index (κ3) is 3.97. The Kier molecular flexibility index (Phi) is 5.43. The topological polar surface area (TPSA) is 83.2 Å². The van der Waals surface area contributed by atoms with Crippen LogP contribution >= 0.6 is 11.6 Å². The highest BCUT2D eigenvalue weighted by Crippen LogP contribution is 2.27. The number of halogens is 1. The Labute approximate surface area is 155 Å². The summed E-state index contributed by atoms with van der Waals surface area (Å²) in [5.74, 6) is -1.06. The molecule has 2 aromatic carbocycles. The molecule has 0 unspecified atom stereocenters. The fourth-order valence-corrected chi connectivity index (χ4v) is 2.86. The van der Waals surface area contributed by atoms with Crippen LogP contribution in [-0.2, 0) is 16.0 Å². The Morgan fingerprint density at radius 1 is 1.15 bits per heavy atom. The van der Waals surface area contributed by atoms with E-state index >= 15 is 0 Å². The van der Waals surface area contributed by atoms with Gasteiger partial charge in [0.1, 0.15) is 5.75 Å². The van der Waals surface area contributed by atoms with Gasteiger partial charge in [0.15, 0.2) is 0 Å². The molecule has 0 aliphatic heterocycles. The second kappa shape index (κ2) is 7.93. The van der Waals surface area contributed by atoms with Gasteiger partial charge in [-0.2, -0.15) is 0 Å². The zero-order valence-corrected chi connectivity index (χ0v) is 14.9. The highest BCUT2D eigenvalue weighted by Gasteiger charge is 2.16. The van der Waals surface area contributed by atoms with E-state index in [1.165, 1.54) is 13.2 Å². The number of para-hydroxylation sites is 1. The van der Waals surface area contributed by atoms with Gasteiger partial charge in [0, 0.05) is 28.7 Å². The number of anilines is 1. The minimum atomic E-state index is -0.774. The molecule has 3 rings (SSSR count). The first-order chi connectivity index (χ1) is 12.6. The first kappa shape index (κ1) is 17.8. The predicted molar refractivity (Wildman–Crippen MR) is 102 cm³/mol. The summed E-state index contributed by atoms with van der Waals surface area (Å²) in [6.07, 6.45) is 2.53. The first-order valence-electron chi connectivity index (χ1n) is 8.06. The maximum absolute atomic E-state index is 12.1. The van der Waals surface area contributed by atoms with Crippen LogP contribution in [0, 0.1) is 0 Å². The highest BCUT2D eigenvalue weighted by molar-refractivity contribution is 6.40. The summed E-state index contributed by atoms with van der Waals surface area (Å²) in [7, 11) is 1.47. The average Bonchev–Trinajstić information content (AvgIpc) is 3.05. The molecule has 7 heteroatoms. The number of hydrogen-bond donors (Lipinski definition) is 3. The van der Waals surface area contributed by atoms with Crippen molar-refractivity contribution in [1.82, 2.24) is 10.3 Å². The number of carbonyl (C=O) groups excluding carboxylic acids is 2. The standard InChI is InChI=1S/C19H18ClN3O3/c1-26-17-7-6-13(20)10-16(17)23-19(25)18(24)21-9-8-12-11-22-15-5-3-2-4-14(12)15/h2-7,10-11,22H,8-9H2,1H3,(H,21,24)(H,23,25). The lowest BCUT2D eigenvalue weighted by Gasteiger charge is -2.10. The Balaban J connectivity index is 1.56. The summed E-state index contributed by atoms with van der Waals surface area (Å²) in [5.41, 5.74) is 2.47. The van der Waals surface area contributed by atoms with E-state index in [0.717, 1.165) is 16.5 Å². The number of nitrogens with one attached hydrogen (secondary N) is 3. The molecule has 0 aliphatic carbocycles. The van der Waals surface area contributed by atoms with Crippen molar-refractivity contribution in [2.45, 2.75) is 6.42 Å². The molecule has 0 spiro atoms. The van der Waals surface area contributed by atoms with Crippen molar-refractivity contribution in [3.8, 4) is 5.75 Å². The number of amides is 2. The zero-order chi connectivity index (χ0) is 18.5. The number of hydrogen-bond acceptors (Lipinski definition) is 3. The van der Waals surface area contributed by atoms with E-state index in [0.29, 0.717) is 29.4 Å². The quantitative estimate of drug-likeness (QED) is 0.602. The van der Waals surface area contributed by atoms with Gasteiger partial charge in [-0.25, -0.2) is 0 Å². The van der Waals surface area contributed by atoms with Crippen LogP contribution in [0.3, 0.4) is 0 Å². The van der Waals surface area contributed by atoms with Crippen molar-refractivity contribution < 1.29 is 14.3 Å². The number of fused-ring (bicyclic) bond motifs is 1. The van der Waals surface area contributed by atoms with Crippen molar-refractivity contribution in [3.05, 3.63) is 59.2 Å². The summed E-state index contributed by atoms with van der Waals surface area (Å²) < 4.78 is 5.14. The molecule has 6 nitrogen and oxygen atoms in total. The maximum Gasteiger partial charge on any atom is 0.313 e. The molecule has 26 heavy (non-hydrogen) atoms. The van der Waals surface area contributed by atoms with E-state index in [9.17, 15) is 9.59 Å². The fourth-order valence-electron chi connectivity index (χ4n) is 2.69. The molecule has 0 bridgehead atoms. The summed E-state index contributed by atoms with van der Waals surface area (Å²) in [6, 6.07) is 12.7. The van der Waals surface area contributed by atoms with E-state index < -0.39 is 11.8 Å². The van der Waals surface area contributed by atoms with Gasteiger partial charge in [0.25, 0.3) is 0 Å². The number of H-pyrrole nitrogens is 1. The minimum absolute atomic E-state index is 0.344. The number of aromatic amines is 1. The Morgan fingerprint density at radius 2 is 1.96 bits per heavy atom. The number of aromatic nitrogens is 1. The van der Waals surface area contributed by atoms with Gasteiger partial charge in [-0.15, -0.1) is 0 Å². The van der Waals surface area contributed by atoms with Crippen molar-refractivity contribution in [2.24, 2.45) is 0 Å². The predicted octanol–water partition coefficient (Wildman–Crippen LogP) is 3.13. The van der Waals surface area contributed by atoms with Crippen LogP contribution in [0.2, 0.25) is 5.02 Å². The number of carbonyl (C=O) groups is 2. The molecule has 134 valence electrons. The second-order valence-corrected chi connectivity index (χ2v) is 6.10. The molecule has 1 aromatic heterocycles. The van der Waals surface area contributed by atoms with Gasteiger partial charge in [-0.05, 0) is 36.2 Å². The molecule has 0 radical (unpaired) electrons. The van der Waals surface area contributed by atoms with Crippen LogP contribution < -0.4 is 15.4 Å². The molecule has 0 aliphatic rings. The Bertz CT molecular complexity index is 952. The number of ether oxygens (including phenoxy) is 1. The maximum atomic E-state index is 12.1. The van der Waals surface area contributed by atoms with Gasteiger partial charge in [-0.3, -0.25) is 9.59 Å². The van der Waals surface area contributed by atoms with Crippen molar-refractivity contribution >= 4 is 40.0 Å². The van der Waals surface area contributed by atoms with Crippen molar-refractivity contribution in [2.75, 3.05) is 19.0 Å². The third-order valence-corrected chi connectivity index (χ3v) is 4.21. The summed E-state index contributed by atoms with van der Waals surface area (Å²) in [5, 5.41) is 6.67. The smallest absolute Gasteiger partial charge is 0.313 e. The number of rotatable bonds is 5. The Hall–Kier alpha value is -2.99. The number of methoxy groups -OCH3 is 1. The molecule has 0 atom stereocenters. The Morgan fingerprint density at radius 3 is 2.77 bits per heavy atom. The van der Waals surface area contributed by atoms with Crippen LogP contribution in [-0.4, -0.2) is 30.5 Å². The van der Waals surface area contributed by atoms with E-state index in [1.807, 2.05) is 30.5 Å². The van der Waals surface area contributed by atoms with Crippen LogP contribution in [0.4, 0.5) is 5.69 Å². The molecule has 2 amide bonds. The summed E-state index contributed by atoms with van der Waals surface area (Å²) in [6.45, 7) is 0.348. The molecule has 1 heterocycles. The zero-order valence-electron chi connectivity index (χ0n) is 14.1. The lowest BCUT2D eigenvalue weighted by molar-refractivity contribution is -0.136. The molecule has 3 aromatic rings. The van der Waals surface area contributed by atoms with Crippen LogP contribution in [0.1, 0.15) is 5.56 Å². The molecule has 3 N–H and O–H groups in total. The van der Waals surface area contributed by atoms with Crippen molar-refractivity contribution in [3.63, 3.8) is 0 Å². The van der Waals surface area contributed by atoms with Crippen molar-refractivity contribution in [1.29, 1.82) is 0 Å². The van der Waals surface area contributed by atoms with Crippen LogP contribution in [0.5, 0.6) is 5.75 Å². The highest BCUT2D eigenvalue weighted by atomic mass is 35.5. The second-order valence-electron chi connectivity index (χ2n) is 5.66. The SMILES string of the molecule is COc1ccc(Cl)cc1NC(=O)C(=O)NCCc1c[nH]c2ccccc12. The minimum Gasteiger partial charge on any atom is -0.495 e. The van der Waals surface area contributed by atoms with Gasteiger partial charge in [-0.1, -0.05) is 29.8 Å². The van der Waals surface area contributed by atoms with Crippen LogP contribution in [0.25, 0.3) is 10.9 Å². The largest absolute Gasteiger partial charge is 0.495 e. The molecular formula is C19H18ClN3O3. The normalized spacial score (nSPS) is 10.5. The molecule has 0 fully saturated rings. The fraction of sp³-hybridized carbons (Fsp3) is 0.158. The lowest BCUT2D eigenvalue weighted by atomic mass is 10.1. The van der Waals surface area contributed by atoms with Gasteiger partial charge < -0.3 is 20.4 Å².